The van der Waals surface area contributed by atoms with Gasteiger partial charge in [-0.15, -0.1) is 0 Å². The van der Waals surface area contributed by atoms with Crippen molar-refractivity contribution in [3.05, 3.63) is 71.3 Å². The highest BCUT2D eigenvalue weighted by molar-refractivity contribution is 8.26. The number of amides is 1. The van der Waals surface area contributed by atoms with Gasteiger partial charge in [-0.2, -0.15) is 0 Å². The second-order valence-electron chi connectivity index (χ2n) is 5.21. The molecule has 1 saturated heterocycles. The number of carbonyl (C=O) groups is 1. The van der Waals surface area contributed by atoms with Gasteiger partial charge in [0.1, 0.15) is 4.32 Å². The molecular formula is C18H16N2OS2. The van der Waals surface area contributed by atoms with Crippen molar-refractivity contribution >= 4 is 45.5 Å². The lowest BCUT2D eigenvalue weighted by Gasteiger charge is -2.23. The third kappa shape index (κ3) is 3.16. The molecule has 23 heavy (non-hydrogen) atoms. The summed E-state index contributed by atoms with van der Waals surface area (Å²) in [6.45, 7) is 0. The van der Waals surface area contributed by atoms with Crippen molar-refractivity contribution in [2.24, 2.45) is 0 Å². The normalized spacial score (nSPS) is 21.1. The fourth-order valence-corrected chi connectivity index (χ4v) is 3.53. The van der Waals surface area contributed by atoms with E-state index in [0.29, 0.717) is 9.23 Å². The maximum Gasteiger partial charge on any atom is 0.265 e. The van der Waals surface area contributed by atoms with Crippen molar-refractivity contribution in [1.29, 1.82) is 0 Å². The van der Waals surface area contributed by atoms with E-state index >= 15 is 0 Å². The van der Waals surface area contributed by atoms with Crippen molar-refractivity contribution in [2.75, 3.05) is 19.0 Å². The van der Waals surface area contributed by atoms with Crippen LogP contribution in [0.1, 0.15) is 5.56 Å². The molecule has 0 bridgehead atoms. The summed E-state index contributed by atoms with van der Waals surface area (Å²) in [5.41, 5.74) is 3.52. The van der Waals surface area contributed by atoms with E-state index in [4.69, 9.17) is 12.2 Å². The molecule has 3 rings (SSSR count). The number of thioether (sulfide) groups is 1. The Hall–Kier alpha value is -2.11. The van der Waals surface area contributed by atoms with Crippen LogP contribution >= 0.6 is 24.0 Å². The Bertz CT molecular complexity index is 790. The number of hydrogen-bond acceptors (Lipinski definition) is 4. The molecule has 3 nitrogen and oxygen atoms in total. The predicted octanol–water partition coefficient (Wildman–Crippen LogP) is 3.96. The minimum absolute atomic E-state index is 0.0400. The van der Waals surface area contributed by atoms with Gasteiger partial charge in [-0.3, -0.25) is 9.69 Å². The predicted molar refractivity (Wildman–Crippen MR) is 102 cm³/mol. The van der Waals surface area contributed by atoms with E-state index in [1.54, 1.807) is 7.05 Å². The lowest BCUT2D eigenvalue weighted by atomic mass is 10.00. The number of rotatable bonds is 2. The Morgan fingerprint density at radius 1 is 1.13 bits per heavy atom. The zero-order valence-corrected chi connectivity index (χ0v) is 14.5. The Balaban J connectivity index is 1.80. The number of hydrogen-bond donors (Lipinski definition) is 0. The molecule has 0 radical (unpaired) electrons. The van der Waals surface area contributed by atoms with E-state index in [0.717, 1.165) is 5.57 Å². The number of thiocarbonyl (C=S) groups is 1. The Morgan fingerprint density at radius 3 is 2.61 bits per heavy atom. The molecule has 5 heteroatoms. The second kappa shape index (κ2) is 6.56. The van der Waals surface area contributed by atoms with Crippen LogP contribution in [-0.4, -0.2) is 29.2 Å². The largest absolute Gasteiger partial charge is 0.351 e. The molecule has 1 aromatic carbocycles. The van der Waals surface area contributed by atoms with Gasteiger partial charge in [0.25, 0.3) is 5.91 Å². The molecule has 1 fully saturated rings. The number of anilines is 1. The Morgan fingerprint density at radius 2 is 1.87 bits per heavy atom. The van der Waals surface area contributed by atoms with E-state index in [2.05, 4.69) is 23.1 Å². The van der Waals surface area contributed by atoms with Gasteiger partial charge < -0.3 is 4.90 Å². The highest BCUT2D eigenvalue weighted by Gasteiger charge is 2.27. The molecule has 0 aliphatic carbocycles. The van der Waals surface area contributed by atoms with Gasteiger partial charge >= 0.3 is 0 Å². The van der Waals surface area contributed by atoms with Gasteiger partial charge in [0, 0.05) is 31.5 Å². The van der Waals surface area contributed by atoms with Gasteiger partial charge in [-0.05, 0) is 23.8 Å². The maximum atomic E-state index is 11.9. The first kappa shape index (κ1) is 15.8. The van der Waals surface area contributed by atoms with Crippen LogP contribution in [0.15, 0.2) is 65.8 Å². The average molecular weight is 340 g/mol. The number of benzene rings is 1. The number of para-hydroxylation sites is 1. The minimum Gasteiger partial charge on any atom is -0.351 e. The third-order valence-electron chi connectivity index (χ3n) is 3.69. The van der Waals surface area contributed by atoms with Crippen molar-refractivity contribution in [2.45, 2.75) is 0 Å². The summed E-state index contributed by atoms with van der Waals surface area (Å²) >= 11 is 6.44. The van der Waals surface area contributed by atoms with Gasteiger partial charge in [-0.25, -0.2) is 0 Å². The van der Waals surface area contributed by atoms with Crippen molar-refractivity contribution in [3.63, 3.8) is 0 Å². The fourth-order valence-electron chi connectivity index (χ4n) is 2.39. The Labute approximate surface area is 145 Å². The van der Waals surface area contributed by atoms with Crippen LogP contribution in [0.2, 0.25) is 0 Å². The summed E-state index contributed by atoms with van der Waals surface area (Å²) < 4.78 is 0.597. The molecule has 1 aromatic rings. The number of fused-ring (bicyclic) bond motifs is 1. The molecule has 1 amide bonds. The maximum absolute atomic E-state index is 11.9. The van der Waals surface area contributed by atoms with Gasteiger partial charge in [0.05, 0.1) is 4.91 Å². The van der Waals surface area contributed by atoms with E-state index in [1.807, 2.05) is 49.7 Å². The zero-order chi connectivity index (χ0) is 16.4. The van der Waals surface area contributed by atoms with Gasteiger partial charge in [0.2, 0.25) is 0 Å². The minimum atomic E-state index is -0.0400. The summed E-state index contributed by atoms with van der Waals surface area (Å²) in [4.78, 5) is 16.1. The smallest absolute Gasteiger partial charge is 0.265 e. The first-order valence-electron chi connectivity index (χ1n) is 7.17. The van der Waals surface area contributed by atoms with Crippen LogP contribution < -0.4 is 4.90 Å². The molecule has 2 aliphatic rings. The quantitative estimate of drug-likeness (QED) is 0.600. The average Bonchev–Trinajstić information content (AvgIpc) is 2.81. The number of likely N-dealkylation sites (N-methyl/N-ethyl adjacent to an activating group) is 1. The first-order chi connectivity index (χ1) is 11.1. The number of carbonyl (C=O) groups excluding carboxylic acids is 1. The van der Waals surface area contributed by atoms with Crippen LogP contribution in [0.4, 0.5) is 5.69 Å². The summed E-state index contributed by atoms with van der Waals surface area (Å²) in [5, 5.41) is 0. The third-order valence-corrected chi connectivity index (χ3v) is 5.20. The summed E-state index contributed by atoms with van der Waals surface area (Å²) in [6, 6.07) is 8.28. The van der Waals surface area contributed by atoms with Crippen molar-refractivity contribution in [3.8, 4) is 0 Å². The highest BCUT2D eigenvalue weighted by Crippen LogP contribution is 2.32. The number of allylic oxidation sites excluding steroid dienone is 6. The second-order valence-corrected chi connectivity index (χ2v) is 6.89. The highest BCUT2D eigenvalue weighted by atomic mass is 32.2. The molecule has 0 N–H and O–H groups in total. The molecule has 0 aromatic heterocycles. The van der Waals surface area contributed by atoms with Crippen LogP contribution in [-0.2, 0) is 4.79 Å². The molecule has 2 aliphatic heterocycles. The van der Waals surface area contributed by atoms with E-state index in [1.165, 1.54) is 27.9 Å². The summed E-state index contributed by atoms with van der Waals surface area (Å²) in [7, 11) is 3.74. The first-order valence-corrected chi connectivity index (χ1v) is 8.39. The van der Waals surface area contributed by atoms with Crippen LogP contribution in [0.25, 0.3) is 5.57 Å². The summed E-state index contributed by atoms with van der Waals surface area (Å²) in [6.07, 6.45) is 11.8. The molecule has 0 unspecified atom stereocenters. The monoisotopic (exact) mass is 340 g/mol. The fraction of sp³-hybridized carbons (Fsp3) is 0.111. The molecule has 0 spiro atoms. The van der Waals surface area contributed by atoms with Crippen LogP contribution in [0.3, 0.4) is 0 Å². The van der Waals surface area contributed by atoms with Crippen LogP contribution in [0, 0.1) is 0 Å². The SMILES string of the molecule is CN1C(=O)/C(=C\C=CC=C2C=CN(C)c3ccccc32)SC1=S. The van der Waals surface area contributed by atoms with Gasteiger partial charge in [-0.1, -0.05) is 60.4 Å². The lowest BCUT2D eigenvalue weighted by Crippen LogP contribution is -2.22. The lowest BCUT2D eigenvalue weighted by molar-refractivity contribution is -0.121. The van der Waals surface area contributed by atoms with Crippen molar-refractivity contribution < 1.29 is 4.79 Å². The molecule has 0 saturated carbocycles. The molecular weight excluding hydrogens is 324 g/mol. The molecule has 116 valence electrons. The topological polar surface area (TPSA) is 23.6 Å². The summed E-state index contributed by atoms with van der Waals surface area (Å²) in [5.74, 6) is -0.0400. The molecule has 2 heterocycles. The standard InChI is InChI=1S/C18H16N2OS2/c1-19-12-11-13(14-8-4-5-9-15(14)19)7-3-6-10-16-17(21)20(2)18(22)23-16/h3-12H,1-2H3/b6-3?,13-7?,16-10+. The van der Waals surface area contributed by atoms with E-state index < -0.39 is 0 Å². The van der Waals surface area contributed by atoms with Crippen molar-refractivity contribution in [1.82, 2.24) is 4.90 Å². The zero-order valence-electron chi connectivity index (χ0n) is 12.9. The van der Waals surface area contributed by atoms with E-state index in [-0.39, 0.29) is 5.91 Å². The van der Waals surface area contributed by atoms with E-state index in [9.17, 15) is 4.79 Å². The molecule has 0 atom stereocenters. The van der Waals surface area contributed by atoms with Gasteiger partial charge in [0.15, 0.2) is 0 Å². The van der Waals surface area contributed by atoms with Crippen LogP contribution in [0.5, 0.6) is 0 Å². The number of nitrogens with zero attached hydrogens (tertiary/aromatic N) is 2. The Kier molecular flexibility index (Phi) is 4.50.